The van der Waals surface area contributed by atoms with E-state index < -0.39 is 0 Å². The van der Waals surface area contributed by atoms with Crippen LogP contribution in [0.1, 0.15) is 26.2 Å². The van der Waals surface area contributed by atoms with Gasteiger partial charge in [0.05, 0.1) is 6.07 Å². The molecular weight excluding hydrogens is 114 g/mol. The molecule has 0 aliphatic carbocycles. The molecule has 0 saturated heterocycles. The number of rotatable bonds is 4. The van der Waals surface area contributed by atoms with Gasteiger partial charge >= 0.3 is 0 Å². The van der Waals surface area contributed by atoms with E-state index in [1.54, 1.807) is 0 Å². The molecule has 0 spiro atoms. The Bertz CT molecular complexity index is 115. The molecule has 1 unspecified atom stereocenters. The van der Waals surface area contributed by atoms with Gasteiger partial charge in [0, 0.05) is 12.3 Å². The molecule has 0 N–H and O–H groups in total. The summed E-state index contributed by atoms with van der Waals surface area (Å²) in [4.78, 5) is 10.1. The summed E-state index contributed by atoms with van der Waals surface area (Å²) in [7, 11) is 0. The Labute approximate surface area is 55.5 Å². The Hall–Kier alpha value is -0.840. The van der Waals surface area contributed by atoms with Crippen LogP contribution in [0.25, 0.3) is 0 Å². The minimum Gasteiger partial charge on any atom is -0.303 e. The van der Waals surface area contributed by atoms with E-state index in [0.717, 1.165) is 19.1 Å². The van der Waals surface area contributed by atoms with Gasteiger partial charge in [0.25, 0.3) is 0 Å². The maximum absolute atomic E-state index is 10.1. The molecule has 0 fully saturated rings. The van der Waals surface area contributed by atoms with Gasteiger partial charge in [-0.3, -0.25) is 0 Å². The summed E-state index contributed by atoms with van der Waals surface area (Å²) in [5, 5.41) is 8.19. The molecule has 0 amide bonds. The van der Waals surface area contributed by atoms with Gasteiger partial charge in [-0.15, -0.1) is 0 Å². The lowest BCUT2D eigenvalue weighted by Gasteiger charge is -1.99. The Morgan fingerprint density at radius 3 is 2.78 bits per heavy atom. The van der Waals surface area contributed by atoms with Crippen LogP contribution in [-0.4, -0.2) is 6.29 Å². The average Bonchev–Trinajstić information content (AvgIpc) is 1.88. The van der Waals surface area contributed by atoms with Crippen LogP contribution in [0.3, 0.4) is 0 Å². The largest absolute Gasteiger partial charge is 0.303 e. The van der Waals surface area contributed by atoms with Crippen LogP contribution in [0.2, 0.25) is 0 Å². The van der Waals surface area contributed by atoms with E-state index in [9.17, 15) is 4.79 Å². The van der Waals surface area contributed by atoms with Crippen molar-refractivity contribution in [2.75, 3.05) is 0 Å². The minimum absolute atomic E-state index is 0.0278. The molecule has 0 radical (unpaired) electrons. The monoisotopic (exact) mass is 125 g/mol. The van der Waals surface area contributed by atoms with Gasteiger partial charge in [0.2, 0.25) is 0 Å². The Morgan fingerprint density at radius 1 is 1.78 bits per heavy atom. The molecular formula is C7H11NO. The Morgan fingerprint density at radius 2 is 2.44 bits per heavy atom. The average molecular weight is 125 g/mol. The zero-order chi connectivity index (χ0) is 7.11. The molecule has 2 nitrogen and oxygen atoms in total. The number of carbonyl (C=O) groups excluding carboxylic acids is 1. The number of nitriles is 1. The second-order valence-electron chi connectivity index (χ2n) is 2.05. The molecule has 0 aromatic heterocycles. The molecule has 0 aliphatic rings. The fourth-order valence-corrected chi connectivity index (χ4v) is 0.706. The molecule has 50 valence electrons. The smallest absolute Gasteiger partial charge is 0.124 e. The van der Waals surface area contributed by atoms with Crippen molar-refractivity contribution in [1.82, 2.24) is 0 Å². The number of hydrogen-bond donors (Lipinski definition) is 0. The second kappa shape index (κ2) is 5.30. The van der Waals surface area contributed by atoms with Crippen LogP contribution in [0.15, 0.2) is 0 Å². The number of aldehydes is 1. The topological polar surface area (TPSA) is 40.9 Å². The molecule has 2 heteroatoms. The lowest BCUT2D eigenvalue weighted by atomic mass is 10.0. The highest BCUT2D eigenvalue weighted by molar-refractivity contribution is 5.53. The molecule has 0 bridgehead atoms. The molecule has 0 saturated carbocycles. The first-order valence-corrected chi connectivity index (χ1v) is 3.17. The summed E-state index contributed by atoms with van der Waals surface area (Å²) >= 11 is 0. The van der Waals surface area contributed by atoms with Crippen LogP contribution < -0.4 is 0 Å². The lowest BCUT2D eigenvalue weighted by molar-refractivity contribution is -0.111. The second-order valence-corrected chi connectivity index (χ2v) is 2.05. The summed E-state index contributed by atoms with van der Waals surface area (Å²) in [6.45, 7) is 2.01. The fourth-order valence-electron chi connectivity index (χ4n) is 0.706. The van der Waals surface area contributed by atoms with E-state index in [2.05, 4.69) is 0 Å². The highest BCUT2D eigenvalue weighted by atomic mass is 16.1. The van der Waals surface area contributed by atoms with Crippen molar-refractivity contribution in [3.63, 3.8) is 0 Å². The van der Waals surface area contributed by atoms with Crippen molar-refractivity contribution in [1.29, 1.82) is 5.26 Å². The van der Waals surface area contributed by atoms with Gasteiger partial charge in [-0.1, -0.05) is 13.3 Å². The summed E-state index contributed by atoms with van der Waals surface area (Å²) in [5.74, 6) is -0.0278. The van der Waals surface area contributed by atoms with E-state index in [0.29, 0.717) is 6.42 Å². The Balaban J connectivity index is 3.44. The molecule has 0 aromatic rings. The van der Waals surface area contributed by atoms with Crippen molar-refractivity contribution in [2.24, 2.45) is 5.92 Å². The SMILES string of the molecule is CCCC(C=O)CC#N. The van der Waals surface area contributed by atoms with E-state index in [-0.39, 0.29) is 5.92 Å². The molecule has 0 aromatic carbocycles. The molecule has 0 rings (SSSR count). The highest BCUT2D eigenvalue weighted by Gasteiger charge is 2.02. The molecule has 1 atom stereocenters. The van der Waals surface area contributed by atoms with Gasteiger partial charge in [-0.2, -0.15) is 5.26 Å². The van der Waals surface area contributed by atoms with Crippen molar-refractivity contribution in [3.05, 3.63) is 0 Å². The van der Waals surface area contributed by atoms with Crippen molar-refractivity contribution >= 4 is 6.29 Å². The zero-order valence-electron chi connectivity index (χ0n) is 5.63. The van der Waals surface area contributed by atoms with Gasteiger partial charge < -0.3 is 4.79 Å². The molecule has 0 aliphatic heterocycles. The number of carbonyl (C=O) groups is 1. The minimum atomic E-state index is -0.0278. The number of hydrogen-bond acceptors (Lipinski definition) is 2. The van der Waals surface area contributed by atoms with Crippen LogP contribution in [0.5, 0.6) is 0 Å². The predicted octanol–water partition coefficient (Wildman–Crippen LogP) is 1.52. The van der Waals surface area contributed by atoms with Crippen molar-refractivity contribution < 1.29 is 4.79 Å². The quantitative estimate of drug-likeness (QED) is 0.534. The van der Waals surface area contributed by atoms with Crippen molar-refractivity contribution in [2.45, 2.75) is 26.2 Å². The normalized spacial score (nSPS) is 12.0. The first-order valence-electron chi connectivity index (χ1n) is 3.17. The van der Waals surface area contributed by atoms with E-state index in [1.165, 1.54) is 0 Å². The molecule has 0 heterocycles. The van der Waals surface area contributed by atoms with E-state index >= 15 is 0 Å². The predicted molar refractivity (Wildman–Crippen MR) is 34.7 cm³/mol. The highest BCUT2D eigenvalue weighted by Crippen LogP contribution is 2.05. The van der Waals surface area contributed by atoms with Crippen LogP contribution in [-0.2, 0) is 4.79 Å². The fraction of sp³-hybridized carbons (Fsp3) is 0.714. The van der Waals surface area contributed by atoms with Crippen LogP contribution in [0.4, 0.5) is 0 Å². The van der Waals surface area contributed by atoms with E-state index in [1.807, 2.05) is 13.0 Å². The maximum atomic E-state index is 10.1. The first kappa shape index (κ1) is 8.16. The summed E-state index contributed by atoms with van der Waals surface area (Å²) in [6.07, 6.45) is 3.06. The zero-order valence-corrected chi connectivity index (χ0v) is 5.63. The third-order valence-corrected chi connectivity index (χ3v) is 1.21. The van der Waals surface area contributed by atoms with Gasteiger partial charge in [0.1, 0.15) is 6.29 Å². The van der Waals surface area contributed by atoms with Gasteiger partial charge in [0.15, 0.2) is 0 Å². The van der Waals surface area contributed by atoms with Crippen LogP contribution >= 0.6 is 0 Å². The third kappa shape index (κ3) is 3.72. The van der Waals surface area contributed by atoms with Gasteiger partial charge in [-0.05, 0) is 6.42 Å². The van der Waals surface area contributed by atoms with Gasteiger partial charge in [-0.25, -0.2) is 0 Å². The van der Waals surface area contributed by atoms with Crippen LogP contribution in [0, 0.1) is 17.2 Å². The van der Waals surface area contributed by atoms with E-state index in [4.69, 9.17) is 5.26 Å². The number of nitrogens with zero attached hydrogens (tertiary/aromatic N) is 1. The van der Waals surface area contributed by atoms with Crippen molar-refractivity contribution in [3.8, 4) is 6.07 Å². The molecule has 9 heavy (non-hydrogen) atoms. The maximum Gasteiger partial charge on any atom is 0.124 e. The summed E-state index contributed by atoms with van der Waals surface area (Å²) in [5.41, 5.74) is 0. The summed E-state index contributed by atoms with van der Waals surface area (Å²) in [6, 6.07) is 1.97. The summed E-state index contributed by atoms with van der Waals surface area (Å²) < 4.78 is 0. The first-order chi connectivity index (χ1) is 4.35. The lowest BCUT2D eigenvalue weighted by Crippen LogP contribution is -1.98. The standard InChI is InChI=1S/C7H11NO/c1-2-3-7(6-9)4-5-8/h6-7H,2-4H2,1H3. The Kier molecular flexibility index (Phi) is 4.81. The third-order valence-electron chi connectivity index (χ3n) is 1.21.